The van der Waals surface area contributed by atoms with Crippen LogP contribution in [0.25, 0.3) is 10.9 Å². The molecular weight excluding hydrogens is 298 g/mol. The van der Waals surface area contributed by atoms with Crippen LogP contribution in [0.5, 0.6) is 0 Å². The second kappa shape index (κ2) is 6.08. The van der Waals surface area contributed by atoms with E-state index in [1.54, 1.807) is 0 Å². The summed E-state index contributed by atoms with van der Waals surface area (Å²) in [4.78, 5) is 17.7. The van der Waals surface area contributed by atoms with Crippen LogP contribution in [0.15, 0.2) is 54.6 Å². The van der Waals surface area contributed by atoms with Crippen LogP contribution in [0.4, 0.5) is 0 Å². The topological polar surface area (TPSA) is 39.2 Å². The van der Waals surface area contributed by atoms with Crippen molar-refractivity contribution >= 4 is 16.9 Å². The lowest BCUT2D eigenvalue weighted by atomic mass is 10.0. The second-order valence-corrected chi connectivity index (χ2v) is 6.24. The number of aromatic nitrogens is 1. The van der Waals surface area contributed by atoms with Crippen LogP contribution in [0.3, 0.4) is 0 Å². The number of hydrogen-bond acceptors (Lipinski definition) is 3. The smallest absolute Gasteiger partial charge is 0.339 e. The molecule has 0 aliphatic heterocycles. The SMILES string of the molecule is C[C@@H](OC(=O)c1c2c(nc3ccccc13)CCC2)c1ccccc1. The Hall–Kier alpha value is -2.68. The molecule has 1 heterocycles. The quantitative estimate of drug-likeness (QED) is 0.661. The molecule has 0 saturated heterocycles. The number of ether oxygens (including phenoxy) is 1. The molecule has 0 bridgehead atoms. The normalized spacial score (nSPS) is 14.4. The van der Waals surface area contributed by atoms with Crippen molar-refractivity contribution in [2.45, 2.75) is 32.3 Å². The van der Waals surface area contributed by atoms with Gasteiger partial charge in [0.05, 0.1) is 11.1 Å². The summed E-state index contributed by atoms with van der Waals surface area (Å²) in [5.41, 5.74) is 4.70. The highest BCUT2D eigenvalue weighted by molar-refractivity contribution is 6.05. The molecule has 1 aromatic heterocycles. The summed E-state index contributed by atoms with van der Waals surface area (Å²) in [5.74, 6) is -0.247. The van der Waals surface area contributed by atoms with E-state index < -0.39 is 0 Å². The highest BCUT2D eigenvalue weighted by Crippen LogP contribution is 2.31. The van der Waals surface area contributed by atoms with Gasteiger partial charge < -0.3 is 4.74 Å². The number of esters is 1. The molecule has 0 saturated carbocycles. The number of benzene rings is 2. The maximum atomic E-state index is 13.0. The van der Waals surface area contributed by atoms with Gasteiger partial charge >= 0.3 is 5.97 Å². The van der Waals surface area contributed by atoms with E-state index in [-0.39, 0.29) is 12.1 Å². The van der Waals surface area contributed by atoms with Gasteiger partial charge in [-0.2, -0.15) is 0 Å². The lowest BCUT2D eigenvalue weighted by molar-refractivity contribution is 0.0339. The van der Waals surface area contributed by atoms with Gasteiger partial charge in [-0.15, -0.1) is 0 Å². The van der Waals surface area contributed by atoms with Crippen LogP contribution in [0.1, 0.15) is 46.6 Å². The van der Waals surface area contributed by atoms with Crippen molar-refractivity contribution in [3.05, 3.63) is 77.0 Å². The minimum atomic E-state index is -0.275. The van der Waals surface area contributed by atoms with Crippen molar-refractivity contribution in [2.75, 3.05) is 0 Å². The van der Waals surface area contributed by atoms with E-state index in [0.717, 1.165) is 47.0 Å². The van der Waals surface area contributed by atoms with Crippen molar-refractivity contribution in [3.8, 4) is 0 Å². The first-order valence-corrected chi connectivity index (χ1v) is 8.40. The summed E-state index contributed by atoms with van der Waals surface area (Å²) >= 11 is 0. The molecule has 0 spiro atoms. The Labute approximate surface area is 141 Å². The van der Waals surface area contributed by atoms with E-state index in [4.69, 9.17) is 9.72 Å². The average molecular weight is 317 g/mol. The van der Waals surface area contributed by atoms with Gasteiger partial charge in [0.25, 0.3) is 0 Å². The van der Waals surface area contributed by atoms with Crippen molar-refractivity contribution in [2.24, 2.45) is 0 Å². The summed E-state index contributed by atoms with van der Waals surface area (Å²) < 4.78 is 5.79. The molecular formula is C21H19NO2. The predicted octanol–water partition coefficient (Wildman–Crippen LogP) is 4.64. The van der Waals surface area contributed by atoms with Crippen molar-refractivity contribution < 1.29 is 9.53 Å². The molecule has 3 heteroatoms. The Morgan fingerprint density at radius 2 is 1.79 bits per heavy atom. The molecule has 3 aromatic rings. The van der Waals surface area contributed by atoms with Gasteiger partial charge in [0, 0.05) is 11.1 Å². The molecule has 2 aromatic carbocycles. The maximum absolute atomic E-state index is 13.0. The molecule has 0 N–H and O–H groups in total. The zero-order valence-electron chi connectivity index (χ0n) is 13.7. The summed E-state index contributed by atoms with van der Waals surface area (Å²) in [7, 11) is 0. The highest BCUT2D eigenvalue weighted by atomic mass is 16.5. The minimum absolute atomic E-state index is 0.247. The van der Waals surface area contributed by atoms with Gasteiger partial charge in [0.1, 0.15) is 6.10 Å². The van der Waals surface area contributed by atoms with Crippen molar-refractivity contribution in [1.29, 1.82) is 0 Å². The minimum Gasteiger partial charge on any atom is -0.454 e. The molecule has 0 unspecified atom stereocenters. The molecule has 24 heavy (non-hydrogen) atoms. The number of rotatable bonds is 3. The van der Waals surface area contributed by atoms with Crippen LogP contribution in [-0.4, -0.2) is 11.0 Å². The molecule has 120 valence electrons. The number of carbonyl (C=O) groups excluding carboxylic acids is 1. The molecule has 0 amide bonds. The number of carbonyl (C=O) groups is 1. The molecule has 1 aliphatic carbocycles. The lowest BCUT2D eigenvalue weighted by Gasteiger charge is -2.16. The lowest BCUT2D eigenvalue weighted by Crippen LogP contribution is -2.13. The zero-order valence-corrected chi connectivity index (χ0v) is 13.7. The molecule has 4 rings (SSSR count). The van der Waals surface area contributed by atoms with Gasteiger partial charge in [0.2, 0.25) is 0 Å². The third-order valence-corrected chi connectivity index (χ3v) is 4.68. The fourth-order valence-electron chi connectivity index (χ4n) is 3.46. The van der Waals surface area contributed by atoms with Crippen LogP contribution in [0, 0.1) is 0 Å². The Balaban J connectivity index is 1.74. The first kappa shape index (κ1) is 14.9. The van der Waals surface area contributed by atoms with E-state index in [0.29, 0.717) is 5.56 Å². The van der Waals surface area contributed by atoms with Crippen molar-refractivity contribution in [1.82, 2.24) is 4.98 Å². The summed E-state index contributed by atoms with van der Waals surface area (Å²) in [6.07, 6.45) is 2.61. The monoisotopic (exact) mass is 317 g/mol. The number of pyridine rings is 1. The summed E-state index contributed by atoms with van der Waals surface area (Å²) in [5, 5.41) is 0.892. The molecule has 0 radical (unpaired) electrons. The summed E-state index contributed by atoms with van der Waals surface area (Å²) in [6.45, 7) is 1.91. The molecule has 1 aliphatic rings. The Bertz CT molecular complexity index is 902. The van der Waals surface area contributed by atoms with E-state index >= 15 is 0 Å². The van der Waals surface area contributed by atoms with Crippen LogP contribution >= 0.6 is 0 Å². The number of aryl methyl sites for hydroxylation is 1. The fourth-order valence-corrected chi connectivity index (χ4v) is 3.46. The third kappa shape index (κ3) is 2.56. The maximum Gasteiger partial charge on any atom is 0.339 e. The van der Waals surface area contributed by atoms with Crippen LogP contribution < -0.4 is 0 Å². The summed E-state index contributed by atoms with van der Waals surface area (Å²) in [6, 6.07) is 17.7. The van der Waals surface area contributed by atoms with E-state index in [2.05, 4.69) is 0 Å². The Morgan fingerprint density at radius 3 is 2.62 bits per heavy atom. The van der Waals surface area contributed by atoms with Gasteiger partial charge in [-0.05, 0) is 43.4 Å². The Kier molecular flexibility index (Phi) is 3.77. The van der Waals surface area contributed by atoms with Crippen LogP contribution in [0.2, 0.25) is 0 Å². The van der Waals surface area contributed by atoms with E-state index in [1.165, 1.54) is 0 Å². The van der Waals surface area contributed by atoms with Gasteiger partial charge in [-0.25, -0.2) is 4.79 Å². The van der Waals surface area contributed by atoms with Crippen molar-refractivity contribution in [3.63, 3.8) is 0 Å². The first-order chi connectivity index (χ1) is 11.7. The van der Waals surface area contributed by atoms with Gasteiger partial charge in [-0.3, -0.25) is 4.98 Å². The Morgan fingerprint density at radius 1 is 1.04 bits per heavy atom. The third-order valence-electron chi connectivity index (χ3n) is 4.68. The van der Waals surface area contributed by atoms with E-state index in [9.17, 15) is 4.79 Å². The van der Waals surface area contributed by atoms with Gasteiger partial charge in [-0.1, -0.05) is 48.5 Å². The predicted molar refractivity (Wildman–Crippen MR) is 94.0 cm³/mol. The largest absolute Gasteiger partial charge is 0.454 e. The standard InChI is InChI=1S/C21H19NO2/c1-14(15-8-3-2-4-9-15)24-21(23)20-16-10-5-6-12-18(16)22-19-13-7-11-17(19)20/h2-6,8-10,12,14H,7,11,13H2,1H3/t14-/m1/s1. The number of para-hydroxylation sites is 1. The number of hydrogen-bond donors (Lipinski definition) is 0. The molecule has 1 atom stereocenters. The molecule has 0 fully saturated rings. The average Bonchev–Trinajstić information content (AvgIpc) is 3.08. The zero-order chi connectivity index (χ0) is 16.5. The number of nitrogens with zero attached hydrogens (tertiary/aromatic N) is 1. The highest BCUT2D eigenvalue weighted by Gasteiger charge is 2.25. The fraction of sp³-hybridized carbons (Fsp3) is 0.238. The van der Waals surface area contributed by atoms with Crippen LogP contribution in [-0.2, 0) is 17.6 Å². The van der Waals surface area contributed by atoms with Gasteiger partial charge in [0.15, 0.2) is 0 Å². The van der Waals surface area contributed by atoms with E-state index in [1.807, 2.05) is 61.5 Å². The number of fused-ring (bicyclic) bond motifs is 2. The first-order valence-electron chi connectivity index (χ1n) is 8.40. The second-order valence-electron chi connectivity index (χ2n) is 6.24. The molecule has 3 nitrogen and oxygen atoms in total.